The first-order valence-electron chi connectivity index (χ1n) is 7.85. The van der Waals surface area contributed by atoms with Crippen LogP contribution in [0.1, 0.15) is 25.3 Å². The Morgan fingerprint density at radius 1 is 1.28 bits per heavy atom. The Morgan fingerprint density at radius 2 is 2.00 bits per heavy atom. The van der Waals surface area contributed by atoms with Crippen LogP contribution in [0.15, 0.2) is 36.7 Å². The Hall–Kier alpha value is -2.45. The molecule has 25 heavy (non-hydrogen) atoms. The van der Waals surface area contributed by atoms with Gasteiger partial charge in [-0.2, -0.15) is 0 Å². The molecule has 8 nitrogen and oxygen atoms in total. The topological polar surface area (TPSA) is 115 Å². The molecule has 1 aromatic carbocycles. The molecule has 2 aromatic rings. The van der Waals surface area contributed by atoms with Crippen LogP contribution in [0.2, 0.25) is 0 Å². The summed E-state index contributed by atoms with van der Waals surface area (Å²) < 4.78 is 1.36. The van der Waals surface area contributed by atoms with E-state index in [2.05, 4.69) is 20.7 Å². The highest BCUT2D eigenvalue weighted by atomic mass is 35.5. The molecule has 0 aliphatic heterocycles. The maximum absolute atomic E-state index is 11.9. The minimum absolute atomic E-state index is 0. The van der Waals surface area contributed by atoms with Crippen LogP contribution in [0.25, 0.3) is 0 Å². The van der Waals surface area contributed by atoms with Crippen LogP contribution in [-0.2, 0) is 22.7 Å². The number of nitrogens with two attached hydrogens (primary N) is 1. The van der Waals surface area contributed by atoms with Gasteiger partial charge in [-0.25, -0.2) is 9.67 Å². The Labute approximate surface area is 152 Å². The van der Waals surface area contributed by atoms with Gasteiger partial charge in [0.1, 0.15) is 12.9 Å². The largest absolute Gasteiger partial charge is 0.350 e. The summed E-state index contributed by atoms with van der Waals surface area (Å²) in [5.41, 5.74) is 6.74. The van der Waals surface area contributed by atoms with E-state index in [1.165, 1.54) is 11.0 Å². The second kappa shape index (κ2) is 10.4. The summed E-state index contributed by atoms with van der Waals surface area (Å²) in [5, 5.41) is 9.38. The van der Waals surface area contributed by atoms with Crippen molar-refractivity contribution in [2.24, 2.45) is 5.73 Å². The lowest BCUT2D eigenvalue weighted by atomic mass is 10.2. The quantitative estimate of drug-likeness (QED) is 0.646. The Kier molecular flexibility index (Phi) is 8.59. The minimum atomic E-state index is -0.587. The lowest BCUT2D eigenvalue weighted by molar-refractivity contribution is -0.122. The summed E-state index contributed by atoms with van der Waals surface area (Å²) in [5.74, 6) is -0.380. The molecule has 0 fully saturated rings. The molecule has 2 rings (SSSR count). The van der Waals surface area contributed by atoms with E-state index in [-0.39, 0.29) is 36.7 Å². The van der Waals surface area contributed by atoms with Gasteiger partial charge in [-0.15, -0.1) is 17.5 Å². The summed E-state index contributed by atoms with van der Waals surface area (Å²) in [7, 11) is 0. The highest BCUT2D eigenvalue weighted by Crippen LogP contribution is 2.01. The third-order valence-corrected chi connectivity index (χ3v) is 3.35. The fourth-order valence-electron chi connectivity index (χ4n) is 2.07. The highest BCUT2D eigenvalue weighted by Gasteiger charge is 2.14. The number of hydrogen-bond acceptors (Lipinski definition) is 5. The van der Waals surface area contributed by atoms with E-state index in [0.29, 0.717) is 13.0 Å². The first-order valence-corrected chi connectivity index (χ1v) is 7.85. The summed E-state index contributed by atoms with van der Waals surface area (Å²) in [6.45, 7) is 2.43. The van der Waals surface area contributed by atoms with Gasteiger partial charge in [0.2, 0.25) is 17.8 Å². The molecule has 1 heterocycles. The standard InChI is InChI=1S/C16H22N6O2.ClH/c1-2-6-13(17)15(24)20-16-19-11-22(21-16)10-14(23)18-9-12-7-4-3-5-8-12;/h3-5,7-8,11,13H,2,6,9-10,17H2,1H3,(H,18,23)(H,20,21,24);1H. The van der Waals surface area contributed by atoms with Crippen molar-refractivity contribution in [3.63, 3.8) is 0 Å². The number of carbonyl (C=O) groups is 2. The smallest absolute Gasteiger partial charge is 0.248 e. The van der Waals surface area contributed by atoms with E-state index in [4.69, 9.17) is 5.73 Å². The van der Waals surface area contributed by atoms with Crippen LogP contribution in [0.3, 0.4) is 0 Å². The summed E-state index contributed by atoms with van der Waals surface area (Å²) in [6, 6.07) is 9.03. The van der Waals surface area contributed by atoms with Crippen LogP contribution in [0.4, 0.5) is 5.95 Å². The van der Waals surface area contributed by atoms with Crippen molar-refractivity contribution in [3.05, 3.63) is 42.2 Å². The molecule has 0 spiro atoms. The van der Waals surface area contributed by atoms with Gasteiger partial charge in [0, 0.05) is 6.54 Å². The average molecular weight is 367 g/mol. The predicted octanol–water partition coefficient (Wildman–Crippen LogP) is 1.08. The molecular weight excluding hydrogens is 344 g/mol. The zero-order valence-corrected chi connectivity index (χ0v) is 14.8. The van der Waals surface area contributed by atoms with Gasteiger partial charge in [-0.05, 0) is 12.0 Å². The van der Waals surface area contributed by atoms with Crippen LogP contribution < -0.4 is 16.4 Å². The van der Waals surface area contributed by atoms with Gasteiger partial charge in [-0.3, -0.25) is 14.9 Å². The number of amides is 2. The molecule has 0 aliphatic rings. The Bertz CT molecular complexity index is 676. The third-order valence-electron chi connectivity index (χ3n) is 3.35. The second-order valence-corrected chi connectivity index (χ2v) is 5.41. The maximum atomic E-state index is 11.9. The Morgan fingerprint density at radius 3 is 2.68 bits per heavy atom. The summed E-state index contributed by atoms with van der Waals surface area (Å²) in [6.07, 6.45) is 2.80. The van der Waals surface area contributed by atoms with E-state index in [9.17, 15) is 9.59 Å². The predicted molar refractivity (Wildman–Crippen MR) is 97.1 cm³/mol. The van der Waals surface area contributed by atoms with E-state index in [1.54, 1.807) is 0 Å². The van der Waals surface area contributed by atoms with E-state index in [1.807, 2.05) is 37.3 Å². The van der Waals surface area contributed by atoms with Crippen molar-refractivity contribution in [3.8, 4) is 0 Å². The van der Waals surface area contributed by atoms with Crippen molar-refractivity contribution in [2.75, 3.05) is 5.32 Å². The molecule has 0 bridgehead atoms. The fourth-order valence-corrected chi connectivity index (χ4v) is 2.07. The zero-order valence-electron chi connectivity index (χ0n) is 14.0. The van der Waals surface area contributed by atoms with Gasteiger partial charge in [-0.1, -0.05) is 43.7 Å². The van der Waals surface area contributed by atoms with E-state index in [0.717, 1.165) is 12.0 Å². The molecule has 0 aliphatic carbocycles. The van der Waals surface area contributed by atoms with Gasteiger partial charge >= 0.3 is 0 Å². The van der Waals surface area contributed by atoms with Crippen LogP contribution in [0.5, 0.6) is 0 Å². The van der Waals surface area contributed by atoms with Crippen molar-refractivity contribution < 1.29 is 9.59 Å². The van der Waals surface area contributed by atoms with Crippen LogP contribution >= 0.6 is 12.4 Å². The molecule has 136 valence electrons. The van der Waals surface area contributed by atoms with Gasteiger partial charge in [0.05, 0.1) is 6.04 Å². The monoisotopic (exact) mass is 366 g/mol. The fraction of sp³-hybridized carbons (Fsp3) is 0.375. The zero-order chi connectivity index (χ0) is 17.4. The molecule has 9 heteroatoms. The van der Waals surface area contributed by atoms with Crippen molar-refractivity contribution in [1.29, 1.82) is 0 Å². The van der Waals surface area contributed by atoms with Crippen molar-refractivity contribution in [1.82, 2.24) is 20.1 Å². The number of nitrogens with one attached hydrogen (secondary N) is 2. The number of hydrogen-bond donors (Lipinski definition) is 3. The number of nitrogens with zero attached hydrogens (tertiary/aromatic N) is 3. The van der Waals surface area contributed by atoms with Crippen molar-refractivity contribution >= 4 is 30.2 Å². The normalized spacial score (nSPS) is 11.3. The molecule has 1 unspecified atom stereocenters. The molecule has 1 aromatic heterocycles. The number of carbonyl (C=O) groups excluding carboxylic acids is 2. The molecule has 1 atom stereocenters. The number of benzene rings is 1. The van der Waals surface area contributed by atoms with Gasteiger partial charge in [0.25, 0.3) is 0 Å². The number of aromatic nitrogens is 3. The molecule has 0 saturated heterocycles. The third kappa shape index (κ3) is 6.90. The molecular formula is C16H23ClN6O2. The number of anilines is 1. The summed E-state index contributed by atoms with van der Waals surface area (Å²) >= 11 is 0. The lowest BCUT2D eigenvalue weighted by Gasteiger charge is -2.08. The second-order valence-electron chi connectivity index (χ2n) is 5.41. The number of rotatable bonds is 8. The molecule has 0 saturated carbocycles. The molecule has 2 amide bonds. The van der Waals surface area contributed by atoms with Crippen LogP contribution in [-0.4, -0.2) is 32.6 Å². The maximum Gasteiger partial charge on any atom is 0.248 e. The van der Waals surface area contributed by atoms with E-state index >= 15 is 0 Å². The van der Waals surface area contributed by atoms with Gasteiger partial charge in [0.15, 0.2) is 0 Å². The first kappa shape index (κ1) is 20.6. The van der Waals surface area contributed by atoms with Crippen LogP contribution in [0, 0.1) is 0 Å². The minimum Gasteiger partial charge on any atom is -0.350 e. The molecule has 4 N–H and O–H groups in total. The average Bonchev–Trinajstić information content (AvgIpc) is 3.01. The first-order chi connectivity index (χ1) is 11.6. The number of halogens is 1. The SMILES string of the molecule is CCCC(N)C(=O)Nc1ncn(CC(=O)NCc2ccccc2)n1.Cl. The van der Waals surface area contributed by atoms with Gasteiger partial charge < -0.3 is 11.1 Å². The van der Waals surface area contributed by atoms with Crippen molar-refractivity contribution in [2.45, 2.75) is 38.9 Å². The summed E-state index contributed by atoms with van der Waals surface area (Å²) in [4.78, 5) is 27.6. The molecule has 0 radical (unpaired) electrons. The highest BCUT2D eigenvalue weighted by molar-refractivity contribution is 5.93. The Balaban J connectivity index is 0.00000312. The lowest BCUT2D eigenvalue weighted by Crippen LogP contribution is -2.35. The van der Waals surface area contributed by atoms with E-state index < -0.39 is 6.04 Å².